The summed E-state index contributed by atoms with van der Waals surface area (Å²) in [7, 11) is -4.02. The average Bonchev–Trinajstić information content (AvgIpc) is 3.52. The average molecular weight is 612 g/mol. The molecule has 0 radical (unpaired) electrons. The van der Waals surface area contributed by atoms with Gasteiger partial charge in [0.05, 0.1) is 11.4 Å². The number of hydrogen-bond donors (Lipinski definition) is 3. The number of nitrogens with two attached hydrogens (primary N) is 1. The third-order valence-corrected chi connectivity index (χ3v) is 8.74. The molecular weight excluding hydrogens is 589 g/mol. The number of hydrogen-bond acceptors (Lipinski definition) is 5. The lowest BCUT2D eigenvalue weighted by atomic mass is 9.95. The van der Waals surface area contributed by atoms with Crippen LogP contribution in [0.5, 0.6) is 0 Å². The maximum Gasteiger partial charge on any atom is 0.355 e. The molecule has 42 heavy (non-hydrogen) atoms. The quantitative estimate of drug-likeness (QED) is 0.173. The standard InChI is InChI=1S/C29H21F3N4O4S2/c30-19-7-4-16(5-8-19)20-13-18(6-9-22(20)31)26-21(11-15-1-10-25(23(32)12-15)42(33,39)40)27(17-2-3-17)36(35-26)29-34-24(14-41-29)28(37)38/h1,4-10,12-14,17H,2-3,11H2,(H3-,33,37,38,39,40)/p+1. The summed E-state index contributed by atoms with van der Waals surface area (Å²) in [6.07, 6.45) is 1.83. The first kappa shape index (κ1) is 28.0. The zero-order chi connectivity index (χ0) is 29.8. The summed E-state index contributed by atoms with van der Waals surface area (Å²) in [6.45, 7) is 0. The van der Waals surface area contributed by atoms with Gasteiger partial charge in [-0.2, -0.15) is 9.65 Å². The fraction of sp³-hybridized carbons (Fsp3) is 0.138. The molecule has 6 rings (SSSR count). The molecule has 1 aliphatic carbocycles. The number of benzene rings is 3. The maximum atomic E-state index is 15.0. The van der Waals surface area contributed by atoms with Gasteiger partial charge < -0.3 is 5.11 Å². The fourth-order valence-corrected chi connectivity index (χ4v) is 6.23. The van der Waals surface area contributed by atoms with Crippen LogP contribution < -0.4 is 5.14 Å². The summed E-state index contributed by atoms with van der Waals surface area (Å²) in [5.41, 5.74) is 3.43. The van der Waals surface area contributed by atoms with E-state index < -0.39 is 38.7 Å². The van der Waals surface area contributed by atoms with Gasteiger partial charge in [0.1, 0.15) is 11.6 Å². The number of carboxylic acid groups (broad SMARTS) is 1. The Morgan fingerprint density at radius 1 is 1.02 bits per heavy atom. The van der Waals surface area contributed by atoms with Crippen LogP contribution in [-0.2, 0) is 21.0 Å². The van der Waals surface area contributed by atoms with Gasteiger partial charge in [-0.1, -0.05) is 18.2 Å². The molecule has 0 aliphatic heterocycles. The first-order chi connectivity index (χ1) is 20.0. The topological polar surface area (TPSA) is 131 Å². The van der Waals surface area contributed by atoms with Crippen molar-refractivity contribution in [1.82, 2.24) is 14.8 Å². The molecule has 4 N–H and O–H groups in total. The van der Waals surface area contributed by atoms with Crippen molar-refractivity contribution in [3.05, 3.63) is 106 Å². The molecule has 8 nitrogen and oxygen atoms in total. The van der Waals surface area contributed by atoms with Crippen molar-refractivity contribution in [2.45, 2.75) is 30.1 Å². The van der Waals surface area contributed by atoms with Crippen LogP contribution in [-0.4, -0.2) is 30.4 Å². The summed E-state index contributed by atoms with van der Waals surface area (Å²) in [4.78, 5) is 15.3. The molecule has 5 aromatic rings. The van der Waals surface area contributed by atoms with Gasteiger partial charge in [0.15, 0.2) is 11.5 Å². The van der Waals surface area contributed by atoms with Crippen molar-refractivity contribution in [2.24, 2.45) is 5.14 Å². The van der Waals surface area contributed by atoms with Crippen LogP contribution in [0.2, 0.25) is 0 Å². The van der Waals surface area contributed by atoms with Gasteiger partial charge in [0.2, 0.25) is 10.0 Å². The second-order valence-corrected chi connectivity index (χ2v) is 12.3. The lowest BCUT2D eigenvalue weighted by Crippen LogP contribution is -2.22. The van der Waals surface area contributed by atoms with Gasteiger partial charge >= 0.3 is 16.4 Å². The highest BCUT2D eigenvalue weighted by Crippen LogP contribution is 2.46. The van der Waals surface area contributed by atoms with Crippen LogP contribution in [0, 0.1) is 17.5 Å². The number of carboxylic acids is 1. The molecule has 214 valence electrons. The van der Waals surface area contributed by atoms with Crippen LogP contribution in [0.3, 0.4) is 0 Å². The zero-order valence-electron chi connectivity index (χ0n) is 21.6. The molecular formula is C29H22F3N4O4S2+. The van der Waals surface area contributed by atoms with Crippen molar-refractivity contribution < 1.29 is 31.8 Å². The molecule has 1 atom stereocenters. The minimum atomic E-state index is -4.02. The summed E-state index contributed by atoms with van der Waals surface area (Å²) in [5, 5.41) is 21.2. The number of thiazole rings is 1. The highest BCUT2D eigenvalue weighted by atomic mass is 32.3. The highest BCUT2D eigenvalue weighted by Gasteiger charge is 2.35. The van der Waals surface area contributed by atoms with Crippen molar-refractivity contribution in [3.8, 4) is 27.5 Å². The van der Waals surface area contributed by atoms with Crippen molar-refractivity contribution >= 4 is 27.7 Å². The Labute approximate surface area is 242 Å². The van der Waals surface area contributed by atoms with Crippen LogP contribution >= 0.6 is 11.3 Å². The molecule has 2 aromatic heterocycles. The van der Waals surface area contributed by atoms with Crippen molar-refractivity contribution in [1.29, 1.82) is 0 Å². The van der Waals surface area contributed by atoms with E-state index >= 15 is 0 Å². The third-order valence-electron chi connectivity index (χ3n) is 6.97. The van der Waals surface area contributed by atoms with Crippen LogP contribution in [0.25, 0.3) is 27.5 Å². The lowest BCUT2D eigenvalue weighted by Gasteiger charge is -2.10. The Balaban J connectivity index is 1.54. The van der Waals surface area contributed by atoms with E-state index in [9.17, 15) is 31.8 Å². The van der Waals surface area contributed by atoms with E-state index in [0.717, 1.165) is 35.9 Å². The SMILES string of the molecule is N[S+](=O)(O)c1ccc(Cc2c(-c3ccc(F)c(-c4ccc(F)cc4)c3)nn(-c3nc(C(=O)O)cs3)c2C2CC2)cc1F. The van der Waals surface area contributed by atoms with Crippen molar-refractivity contribution in [3.63, 3.8) is 0 Å². The molecule has 1 aliphatic rings. The van der Waals surface area contributed by atoms with Crippen LogP contribution in [0.1, 0.15) is 46.1 Å². The molecule has 0 amide bonds. The summed E-state index contributed by atoms with van der Waals surface area (Å²) < 4.78 is 66.5. The number of aromatic nitrogens is 3. The summed E-state index contributed by atoms with van der Waals surface area (Å²) in [5.74, 6) is -3.03. The molecule has 0 spiro atoms. The largest absolute Gasteiger partial charge is 0.476 e. The van der Waals surface area contributed by atoms with Crippen LogP contribution in [0.4, 0.5) is 13.2 Å². The molecule has 0 saturated heterocycles. The Morgan fingerprint density at radius 3 is 2.36 bits per heavy atom. The van der Waals surface area contributed by atoms with E-state index in [1.54, 1.807) is 16.8 Å². The molecule has 1 unspecified atom stereocenters. The van der Waals surface area contributed by atoms with E-state index in [1.165, 1.54) is 47.8 Å². The monoisotopic (exact) mass is 611 g/mol. The van der Waals surface area contributed by atoms with E-state index in [2.05, 4.69) is 4.98 Å². The van der Waals surface area contributed by atoms with Gasteiger partial charge in [-0.3, -0.25) is 0 Å². The van der Waals surface area contributed by atoms with E-state index in [4.69, 9.17) is 10.2 Å². The van der Waals surface area contributed by atoms with Crippen molar-refractivity contribution in [2.75, 3.05) is 0 Å². The number of aromatic carboxylic acids is 1. The summed E-state index contributed by atoms with van der Waals surface area (Å²) in [6, 6.07) is 13.6. The molecule has 0 bridgehead atoms. The first-order valence-corrected chi connectivity index (χ1v) is 15.1. The van der Waals surface area contributed by atoms with Gasteiger partial charge in [-0.05, 0) is 64.6 Å². The molecule has 1 saturated carbocycles. The van der Waals surface area contributed by atoms with Gasteiger partial charge in [-0.25, -0.2) is 27.6 Å². The predicted octanol–water partition coefficient (Wildman–Crippen LogP) is 6.45. The third kappa shape index (κ3) is 5.39. The Bertz CT molecular complexity index is 1900. The van der Waals surface area contributed by atoms with Gasteiger partial charge in [-0.15, -0.1) is 16.5 Å². The number of rotatable bonds is 8. The number of halogens is 3. The Hall–Kier alpha value is -4.17. The zero-order valence-corrected chi connectivity index (χ0v) is 23.3. The number of carbonyl (C=O) groups is 1. The minimum absolute atomic E-state index is 0.0692. The summed E-state index contributed by atoms with van der Waals surface area (Å²) >= 11 is 1.10. The second-order valence-electron chi connectivity index (χ2n) is 9.93. The minimum Gasteiger partial charge on any atom is -0.476 e. The number of nitrogens with zero attached hydrogens (tertiary/aromatic N) is 3. The van der Waals surface area contributed by atoms with E-state index in [1.807, 2.05) is 0 Å². The van der Waals surface area contributed by atoms with Gasteiger partial charge in [0, 0.05) is 40.5 Å². The maximum absolute atomic E-state index is 15.0. The van der Waals surface area contributed by atoms with E-state index in [0.29, 0.717) is 33.1 Å². The second kappa shape index (κ2) is 10.6. The normalized spacial score (nSPS) is 14.6. The predicted molar refractivity (Wildman–Crippen MR) is 151 cm³/mol. The van der Waals surface area contributed by atoms with E-state index in [-0.39, 0.29) is 23.6 Å². The Morgan fingerprint density at radius 2 is 1.74 bits per heavy atom. The Kier molecular flexibility index (Phi) is 7.05. The van der Waals surface area contributed by atoms with Crippen LogP contribution in [0.15, 0.2) is 70.9 Å². The molecule has 2 heterocycles. The molecule has 1 fully saturated rings. The molecule has 13 heteroatoms. The highest BCUT2D eigenvalue weighted by molar-refractivity contribution is 7.95. The first-order valence-electron chi connectivity index (χ1n) is 12.7. The smallest absolute Gasteiger partial charge is 0.355 e. The fourth-order valence-electron chi connectivity index (χ4n) is 4.87. The molecule has 3 aromatic carbocycles. The lowest BCUT2D eigenvalue weighted by molar-refractivity contribution is 0.0691. The van der Waals surface area contributed by atoms with Gasteiger partial charge in [0.25, 0.3) is 0 Å².